The second-order valence-electron chi connectivity index (χ2n) is 2.00. The van der Waals surface area contributed by atoms with E-state index in [-0.39, 0.29) is 6.54 Å². The molecule has 1 atom stereocenters. The van der Waals surface area contributed by atoms with Crippen LogP contribution in [0.15, 0.2) is 11.6 Å². The van der Waals surface area contributed by atoms with Gasteiger partial charge in [-0.2, -0.15) is 0 Å². The first-order chi connectivity index (χ1) is 5.25. The molecule has 0 aliphatic carbocycles. The van der Waals surface area contributed by atoms with E-state index in [0.717, 1.165) is 0 Å². The highest BCUT2D eigenvalue weighted by Crippen LogP contribution is 2.16. The van der Waals surface area contributed by atoms with Crippen LogP contribution in [0.4, 0.5) is 0 Å². The minimum absolute atomic E-state index is 0.100. The van der Waals surface area contributed by atoms with E-state index < -0.39 is 11.9 Å². The SMILES string of the molecule is NCC(C(=O)O)c1nccs1. The molecular formula is C6H8N2O2S. The van der Waals surface area contributed by atoms with E-state index in [0.29, 0.717) is 5.01 Å². The van der Waals surface area contributed by atoms with Crippen molar-refractivity contribution in [2.45, 2.75) is 5.92 Å². The summed E-state index contributed by atoms with van der Waals surface area (Å²) in [5, 5.41) is 10.9. The molecule has 11 heavy (non-hydrogen) atoms. The van der Waals surface area contributed by atoms with Gasteiger partial charge in [0.1, 0.15) is 10.9 Å². The number of carboxylic acid groups (broad SMARTS) is 1. The molecule has 0 bridgehead atoms. The molecule has 1 rings (SSSR count). The van der Waals surface area contributed by atoms with Gasteiger partial charge in [0.15, 0.2) is 0 Å². The van der Waals surface area contributed by atoms with Gasteiger partial charge >= 0.3 is 5.97 Å². The van der Waals surface area contributed by atoms with Gasteiger partial charge < -0.3 is 10.8 Å². The van der Waals surface area contributed by atoms with Crippen molar-refractivity contribution in [3.05, 3.63) is 16.6 Å². The summed E-state index contributed by atoms with van der Waals surface area (Å²) in [6, 6.07) is 0. The number of nitrogens with two attached hydrogens (primary N) is 1. The Morgan fingerprint density at radius 2 is 2.64 bits per heavy atom. The van der Waals surface area contributed by atoms with E-state index >= 15 is 0 Å². The lowest BCUT2D eigenvalue weighted by molar-refractivity contribution is -0.138. The van der Waals surface area contributed by atoms with Crippen LogP contribution in [0.1, 0.15) is 10.9 Å². The molecule has 0 spiro atoms. The van der Waals surface area contributed by atoms with Crippen molar-refractivity contribution in [3.63, 3.8) is 0 Å². The highest BCUT2D eigenvalue weighted by Gasteiger charge is 2.19. The lowest BCUT2D eigenvalue weighted by Gasteiger charge is -2.03. The standard InChI is InChI=1S/C6H8N2O2S/c7-3-4(6(9)10)5-8-1-2-11-5/h1-2,4H,3,7H2,(H,9,10). The first-order valence-corrected chi connectivity index (χ1v) is 3.96. The Morgan fingerprint density at radius 3 is 3.00 bits per heavy atom. The van der Waals surface area contributed by atoms with E-state index in [1.165, 1.54) is 11.3 Å². The highest BCUT2D eigenvalue weighted by molar-refractivity contribution is 7.09. The number of aliphatic carboxylic acids is 1. The van der Waals surface area contributed by atoms with E-state index in [2.05, 4.69) is 4.98 Å². The summed E-state index contributed by atoms with van der Waals surface area (Å²) in [6.07, 6.45) is 1.58. The molecule has 1 aromatic heterocycles. The zero-order valence-electron chi connectivity index (χ0n) is 5.73. The summed E-state index contributed by atoms with van der Waals surface area (Å²) in [7, 11) is 0. The predicted octanol–water partition coefficient (Wildman–Crippen LogP) is 0.270. The molecule has 0 aromatic carbocycles. The summed E-state index contributed by atoms with van der Waals surface area (Å²) >= 11 is 1.31. The molecular weight excluding hydrogens is 164 g/mol. The summed E-state index contributed by atoms with van der Waals surface area (Å²) in [5.41, 5.74) is 5.25. The number of carbonyl (C=O) groups is 1. The average molecular weight is 172 g/mol. The largest absolute Gasteiger partial charge is 0.481 e. The van der Waals surface area contributed by atoms with Crippen molar-refractivity contribution in [1.29, 1.82) is 0 Å². The van der Waals surface area contributed by atoms with Gasteiger partial charge in [0, 0.05) is 18.1 Å². The topological polar surface area (TPSA) is 76.2 Å². The summed E-state index contributed by atoms with van der Waals surface area (Å²) in [5.74, 6) is -1.56. The predicted molar refractivity (Wildman–Crippen MR) is 41.5 cm³/mol. The van der Waals surface area contributed by atoms with E-state index in [1.54, 1.807) is 11.6 Å². The van der Waals surface area contributed by atoms with Crippen LogP contribution < -0.4 is 5.73 Å². The molecule has 1 aromatic rings. The van der Waals surface area contributed by atoms with Gasteiger partial charge in [-0.3, -0.25) is 4.79 Å². The highest BCUT2D eigenvalue weighted by atomic mass is 32.1. The van der Waals surface area contributed by atoms with Crippen LogP contribution in [0.25, 0.3) is 0 Å². The van der Waals surface area contributed by atoms with Crippen molar-refractivity contribution in [2.75, 3.05) is 6.54 Å². The third-order valence-corrected chi connectivity index (χ3v) is 2.17. The van der Waals surface area contributed by atoms with Gasteiger partial charge in [-0.25, -0.2) is 4.98 Å². The Labute approximate surface area is 67.7 Å². The number of rotatable bonds is 3. The molecule has 0 saturated heterocycles. The van der Waals surface area contributed by atoms with E-state index in [4.69, 9.17) is 10.8 Å². The Kier molecular flexibility index (Phi) is 2.56. The van der Waals surface area contributed by atoms with Gasteiger partial charge in [-0.05, 0) is 0 Å². The zero-order valence-corrected chi connectivity index (χ0v) is 6.54. The Bertz CT molecular complexity index is 235. The fourth-order valence-corrected chi connectivity index (χ4v) is 1.46. The Morgan fingerprint density at radius 1 is 1.91 bits per heavy atom. The molecule has 4 nitrogen and oxygen atoms in total. The third-order valence-electron chi connectivity index (χ3n) is 1.28. The maximum Gasteiger partial charge on any atom is 0.314 e. The first kappa shape index (κ1) is 8.16. The number of nitrogens with zero attached hydrogens (tertiary/aromatic N) is 1. The molecule has 0 aliphatic rings. The second-order valence-corrected chi connectivity index (χ2v) is 2.92. The van der Waals surface area contributed by atoms with Crippen molar-refractivity contribution in [3.8, 4) is 0 Å². The van der Waals surface area contributed by atoms with Gasteiger partial charge in [0.2, 0.25) is 0 Å². The summed E-state index contributed by atoms with van der Waals surface area (Å²) in [6.45, 7) is 0.100. The number of thiazole rings is 1. The molecule has 0 radical (unpaired) electrons. The number of hydrogen-bond acceptors (Lipinski definition) is 4. The molecule has 0 amide bonds. The van der Waals surface area contributed by atoms with Crippen LogP contribution >= 0.6 is 11.3 Å². The smallest absolute Gasteiger partial charge is 0.314 e. The molecule has 3 N–H and O–H groups in total. The van der Waals surface area contributed by atoms with Crippen molar-refractivity contribution in [1.82, 2.24) is 4.98 Å². The van der Waals surface area contributed by atoms with Crippen molar-refractivity contribution >= 4 is 17.3 Å². The zero-order chi connectivity index (χ0) is 8.27. The number of carboxylic acids is 1. The van der Waals surface area contributed by atoms with Crippen LogP contribution in [0.3, 0.4) is 0 Å². The fraction of sp³-hybridized carbons (Fsp3) is 0.333. The van der Waals surface area contributed by atoms with Crippen LogP contribution in [0, 0.1) is 0 Å². The fourth-order valence-electron chi connectivity index (χ4n) is 0.714. The maximum absolute atomic E-state index is 10.5. The van der Waals surface area contributed by atoms with Crippen LogP contribution in [0.5, 0.6) is 0 Å². The van der Waals surface area contributed by atoms with Crippen LogP contribution in [0.2, 0.25) is 0 Å². The third kappa shape index (κ3) is 1.75. The lowest BCUT2D eigenvalue weighted by atomic mass is 10.2. The maximum atomic E-state index is 10.5. The lowest BCUT2D eigenvalue weighted by Crippen LogP contribution is -2.20. The van der Waals surface area contributed by atoms with E-state index in [9.17, 15) is 4.79 Å². The molecule has 0 aliphatic heterocycles. The summed E-state index contributed by atoms with van der Waals surface area (Å²) < 4.78 is 0. The molecule has 1 heterocycles. The van der Waals surface area contributed by atoms with Crippen molar-refractivity contribution < 1.29 is 9.90 Å². The van der Waals surface area contributed by atoms with Gasteiger partial charge in [0.25, 0.3) is 0 Å². The van der Waals surface area contributed by atoms with Gasteiger partial charge in [-0.15, -0.1) is 11.3 Å². The van der Waals surface area contributed by atoms with Crippen molar-refractivity contribution in [2.24, 2.45) is 5.73 Å². The Hall–Kier alpha value is -0.940. The van der Waals surface area contributed by atoms with Gasteiger partial charge in [-0.1, -0.05) is 0 Å². The number of hydrogen-bond donors (Lipinski definition) is 2. The molecule has 0 saturated carbocycles. The summed E-state index contributed by atoms with van der Waals surface area (Å²) in [4.78, 5) is 14.4. The van der Waals surface area contributed by atoms with Gasteiger partial charge in [0.05, 0.1) is 0 Å². The quantitative estimate of drug-likeness (QED) is 0.686. The van der Waals surface area contributed by atoms with E-state index in [1.807, 2.05) is 0 Å². The molecule has 60 valence electrons. The minimum atomic E-state index is -0.914. The van der Waals surface area contributed by atoms with Crippen LogP contribution in [-0.2, 0) is 4.79 Å². The monoisotopic (exact) mass is 172 g/mol. The molecule has 1 unspecified atom stereocenters. The first-order valence-electron chi connectivity index (χ1n) is 3.08. The number of aromatic nitrogens is 1. The molecule has 0 fully saturated rings. The average Bonchev–Trinajstić information content (AvgIpc) is 2.40. The minimum Gasteiger partial charge on any atom is -0.481 e. The second kappa shape index (κ2) is 3.45. The van der Waals surface area contributed by atoms with Crippen LogP contribution in [-0.4, -0.2) is 22.6 Å². The Balaban J connectivity index is 2.79. The molecule has 5 heteroatoms. The normalized spacial score (nSPS) is 12.8.